The van der Waals surface area contributed by atoms with Crippen molar-refractivity contribution >= 4 is 11.0 Å². The molecule has 0 fully saturated rings. The van der Waals surface area contributed by atoms with Crippen molar-refractivity contribution in [2.75, 3.05) is 0 Å². The van der Waals surface area contributed by atoms with Crippen LogP contribution in [0, 0.1) is 18.3 Å². The second-order valence-electron chi connectivity index (χ2n) is 2.86. The third kappa shape index (κ3) is 1.34. The minimum absolute atomic E-state index is 0.359. The number of benzene rings is 1. The summed E-state index contributed by atoms with van der Waals surface area (Å²) in [4.78, 5) is 8.24. The Morgan fingerprint density at radius 2 is 2.15 bits per heavy atom. The Hall–Kier alpha value is -1.95. The topological polar surface area (TPSA) is 49.6 Å². The molecule has 0 radical (unpaired) electrons. The normalized spacial score (nSPS) is 9.85. The summed E-state index contributed by atoms with van der Waals surface area (Å²) in [5, 5.41) is 8.61. The zero-order chi connectivity index (χ0) is 9.26. The predicted molar refractivity (Wildman–Crippen MR) is 49.0 cm³/mol. The zero-order valence-electron chi connectivity index (χ0n) is 7.15. The van der Waals surface area contributed by atoms with Crippen molar-refractivity contribution in [2.24, 2.45) is 0 Å². The van der Waals surface area contributed by atoms with Crippen LogP contribution in [0.15, 0.2) is 24.4 Å². The fraction of sp³-hybridized carbons (Fsp3) is 0.100. The Bertz CT molecular complexity index is 497. The lowest BCUT2D eigenvalue weighted by Gasteiger charge is -1.97. The molecule has 13 heavy (non-hydrogen) atoms. The summed E-state index contributed by atoms with van der Waals surface area (Å²) < 4.78 is 0. The molecule has 0 spiro atoms. The number of nitriles is 1. The van der Waals surface area contributed by atoms with E-state index in [2.05, 4.69) is 9.97 Å². The lowest BCUT2D eigenvalue weighted by atomic mass is 10.2. The first-order chi connectivity index (χ1) is 6.29. The fourth-order valence-electron chi connectivity index (χ4n) is 1.18. The Morgan fingerprint density at radius 3 is 2.92 bits per heavy atom. The highest BCUT2D eigenvalue weighted by atomic mass is 14.8. The highest BCUT2D eigenvalue weighted by Crippen LogP contribution is 2.10. The van der Waals surface area contributed by atoms with E-state index in [0.717, 1.165) is 16.6 Å². The number of aromatic nitrogens is 2. The van der Waals surface area contributed by atoms with Crippen LogP contribution >= 0.6 is 0 Å². The summed E-state index contributed by atoms with van der Waals surface area (Å²) in [7, 11) is 0. The van der Waals surface area contributed by atoms with Gasteiger partial charge < -0.3 is 0 Å². The molecule has 0 aliphatic carbocycles. The summed E-state index contributed by atoms with van der Waals surface area (Å²) in [6.07, 6.45) is 1.48. The summed E-state index contributed by atoms with van der Waals surface area (Å²) in [5.74, 6) is 0. The smallest absolute Gasteiger partial charge is 0.159 e. The third-order valence-electron chi connectivity index (χ3n) is 1.81. The molecule has 1 aromatic carbocycles. The highest BCUT2D eigenvalue weighted by Gasteiger charge is 1.98. The molecule has 2 rings (SSSR count). The molecule has 1 heterocycles. The Kier molecular flexibility index (Phi) is 1.67. The van der Waals surface area contributed by atoms with Crippen molar-refractivity contribution in [1.82, 2.24) is 9.97 Å². The van der Waals surface area contributed by atoms with Gasteiger partial charge in [-0.05, 0) is 24.6 Å². The van der Waals surface area contributed by atoms with Gasteiger partial charge in [0.05, 0.1) is 17.2 Å². The maximum Gasteiger partial charge on any atom is 0.159 e. The number of nitrogens with zero attached hydrogens (tertiary/aromatic N) is 3. The van der Waals surface area contributed by atoms with Gasteiger partial charge in [0.2, 0.25) is 0 Å². The van der Waals surface area contributed by atoms with E-state index in [0.29, 0.717) is 5.69 Å². The van der Waals surface area contributed by atoms with Crippen LogP contribution in [0.5, 0.6) is 0 Å². The average molecular weight is 169 g/mol. The highest BCUT2D eigenvalue weighted by molar-refractivity contribution is 5.75. The lowest BCUT2D eigenvalue weighted by molar-refractivity contribution is 1.24. The van der Waals surface area contributed by atoms with Crippen molar-refractivity contribution < 1.29 is 0 Å². The van der Waals surface area contributed by atoms with Gasteiger partial charge in [-0.3, -0.25) is 4.98 Å². The maximum atomic E-state index is 8.61. The van der Waals surface area contributed by atoms with Gasteiger partial charge in [0.1, 0.15) is 6.07 Å². The van der Waals surface area contributed by atoms with Gasteiger partial charge in [0.25, 0.3) is 0 Å². The molecule has 3 nitrogen and oxygen atoms in total. The van der Waals surface area contributed by atoms with Gasteiger partial charge in [-0.15, -0.1) is 0 Å². The second kappa shape index (κ2) is 2.83. The number of hydrogen-bond acceptors (Lipinski definition) is 3. The summed E-state index contributed by atoms with van der Waals surface area (Å²) in [5.41, 5.74) is 3.08. The van der Waals surface area contributed by atoms with E-state index in [1.54, 1.807) is 0 Å². The molecule has 0 aliphatic rings. The molecule has 0 unspecified atom stereocenters. The van der Waals surface area contributed by atoms with Crippen molar-refractivity contribution in [3.05, 3.63) is 35.7 Å². The first-order valence-electron chi connectivity index (χ1n) is 3.93. The molecule has 0 saturated heterocycles. The van der Waals surface area contributed by atoms with Crippen LogP contribution in [0.4, 0.5) is 0 Å². The summed E-state index contributed by atoms with van der Waals surface area (Å²) >= 11 is 0. The molecule has 0 atom stereocenters. The molecule has 1 aromatic heterocycles. The van der Waals surface area contributed by atoms with E-state index in [1.807, 2.05) is 31.2 Å². The van der Waals surface area contributed by atoms with Crippen LogP contribution < -0.4 is 0 Å². The van der Waals surface area contributed by atoms with Crippen LogP contribution in [-0.2, 0) is 0 Å². The molecular formula is C10H7N3. The lowest BCUT2D eigenvalue weighted by Crippen LogP contribution is -1.88. The predicted octanol–water partition coefficient (Wildman–Crippen LogP) is 1.81. The SMILES string of the molecule is Cc1ccc2ncc(C#N)nc2c1. The minimum atomic E-state index is 0.359. The molecule has 0 amide bonds. The van der Waals surface area contributed by atoms with Gasteiger partial charge >= 0.3 is 0 Å². The first kappa shape index (κ1) is 7.69. The van der Waals surface area contributed by atoms with Crippen LogP contribution in [0.25, 0.3) is 11.0 Å². The minimum Gasteiger partial charge on any atom is -0.252 e. The van der Waals surface area contributed by atoms with Gasteiger partial charge in [-0.2, -0.15) is 5.26 Å². The van der Waals surface area contributed by atoms with Crippen molar-refractivity contribution in [1.29, 1.82) is 5.26 Å². The van der Waals surface area contributed by atoms with Crippen LogP contribution in [0.2, 0.25) is 0 Å². The number of hydrogen-bond donors (Lipinski definition) is 0. The standard InChI is InChI=1S/C10H7N3/c1-7-2-3-9-10(4-7)13-8(5-11)6-12-9/h2-4,6H,1H3. The molecule has 2 aromatic rings. The Morgan fingerprint density at radius 1 is 1.31 bits per heavy atom. The van der Waals surface area contributed by atoms with E-state index in [-0.39, 0.29) is 0 Å². The molecule has 62 valence electrons. The van der Waals surface area contributed by atoms with Gasteiger partial charge in [-0.25, -0.2) is 4.98 Å². The molecule has 0 N–H and O–H groups in total. The molecule has 0 saturated carbocycles. The third-order valence-corrected chi connectivity index (χ3v) is 1.81. The Balaban J connectivity index is 2.77. The summed E-state index contributed by atoms with van der Waals surface area (Å²) in [6.45, 7) is 1.99. The van der Waals surface area contributed by atoms with Crippen molar-refractivity contribution in [3.63, 3.8) is 0 Å². The van der Waals surface area contributed by atoms with Gasteiger partial charge in [0, 0.05) is 0 Å². The second-order valence-corrected chi connectivity index (χ2v) is 2.86. The molecular weight excluding hydrogens is 162 g/mol. The van der Waals surface area contributed by atoms with E-state index >= 15 is 0 Å². The largest absolute Gasteiger partial charge is 0.252 e. The zero-order valence-corrected chi connectivity index (χ0v) is 7.15. The maximum absolute atomic E-state index is 8.61. The van der Waals surface area contributed by atoms with Gasteiger partial charge in [0.15, 0.2) is 5.69 Å². The first-order valence-corrected chi connectivity index (χ1v) is 3.93. The Labute approximate surface area is 75.7 Å². The monoisotopic (exact) mass is 169 g/mol. The summed E-state index contributed by atoms with van der Waals surface area (Å²) in [6, 6.07) is 7.76. The quantitative estimate of drug-likeness (QED) is 0.604. The van der Waals surface area contributed by atoms with Crippen LogP contribution in [0.1, 0.15) is 11.3 Å². The van der Waals surface area contributed by atoms with E-state index in [9.17, 15) is 0 Å². The average Bonchev–Trinajstić information content (AvgIpc) is 2.16. The number of fused-ring (bicyclic) bond motifs is 1. The van der Waals surface area contributed by atoms with Crippen molar-refractivity contribution in [3.8, 4) is 6.07 Å². The number of aryl methyl sites for hydroxylation is 1. The van der Waals surface area contributed by atoms with E-state index < -0.39 is 0 Å². The van der Waals surface area contributed by atoms with E-state index in [4.69, 9.17) is 5.26 Å². The van der Waals surface area contributed by atoms with E-state index in [1.165, 1.54) is 6.20 Å². The molecule has 0 bridgehead atoms. The van der Waals surface area contributed by atoms with Gasteiger partial charge in [-0.1, -0.05) is 6.07 Å². The number of rotatable bonds is 0. The molecule has 0 aliphatic heterocycles. The fourth-order valence-corrected chi connectivity index (χ4v) is 1.18. The molecule has 3 heteroatoms. The van der Waals surface area contributed by atoms with Crippen molar-refractivity contribution in [2.45, 2.75) is 6.92 Å². The van der Waals surface area contributed by atoms with Crippen LogP contribution in [-0.4, -0.2) is 9.97 Å². The van der Waals surface area contributed by atoms with Crippen LogP contribution in [0.3, 0.4) is 0 Å².